The molecule has 1 saturated heterocycles. The number of nitrogens with zero attached hydrogens (tertiary/aromatic N) is 3. The van der Waals surface area contributed by atoms with Crippen molar-refractivity contribution < 1.29 is 18.3 Å². The van der Waals surface area contributed by atoms with E-state index in [0.717, 1.165) is 12.8 Å². The normalized spacial score (nSPS) is 14.9. The van der Waals surface area contributed by atoms with Crippen molar-refractivity contribution in [1.29, 1.82) is 0 Å². The first-order valence-corrected chi connectivity index (χ1v) is 9.20. The summed E-state index contributed by atoms with van der Waals surface area (Å²) in [4.78, 5) is 22.7. The number of piperidine rings is 1. The largest absolute Gasteiger partial charge is 0.448 e. The van der Waals surface area contributed by atoms with Crippen LogP contribution in [0.4, 0.5) is 9.18 Å². The maximum Gasteiger partial charge on any atom is 0.415 e. The van der Waals surface area contributed by atoms with Crippen molar-refractivity contribution >= 4 is 6.09 Å². The molecule has 0 unspecified atom stereocenters. The van der Waals surface area contributed by atoms with E-state index in [-0.39, 0.29) is 17.8 Å². The molecule has 0 radical (unpaired) electrons. The van der Waals surface area contributed by atoms with Gasteiger partial charge in [-0.15, -0.1) is 0 Å². The predicted octanol–water partition coefficient (Wildman–Crippen LogP) is 4.56. The van der Waals surface area contributed by atoms with Crippen LogP contribution in [0.25, 0.3) is 11.3 Å². The number of benzene rings is 1. The van der Waals surface area contributed by atoms with Crippen LogP contribution >= 0.6 is 0 Å². The summed E-state index contributed by atoms with van der Waals surface area (Å²) < 4.78 is 24.5. The molecular weight excluding hydrogens is 361 g/mol. The van der Waals surface area contributed by atoms with Gasteiger partial charge in [-0.3, -0.25) is 4.98 Å². The fraction of sp³-hybridized carbons (Fsp3) is 0.286. The van der Waals surface area contributed by atoms with Crippen LogP contribution in [-0.4, -0.2) is 34.1 Å². The van der Waals surface area contributed by atoms with Crippen LogP contribution in [0.2, 0.25) is 0 Å². The number of carbonyl (C=O) groups is 1. The molecule has 0 aliphatic carbocycles. The Balaban J connectivity index is 1.37. The molecule has 7 heteroatoms. The summed E-state index contributed by atoms with van der Waals surface area (Å²) in [7, 11) is 0. The molecule has 2 aromatic heterocycles. The van der Waals surface area contributed by atoms with Crippen LogP contribution in [0, 0.1) is 12.7 Å². The number of oxazole rings is 1. The number of ether oxygens (including phenoxy) is 1. The number of carbonyl (C=O) groups excluding carboxylic acids is 1. The molecule has 0 N–H and O–H groups in total. The van der Waals surface area contributed by atoms with E-state index in [9.17, 15) is 9.18 Å². The van der Waals surface area contributed by atoms with Gasteiger partial charge in [0.2, 0.25) is 0 Å². The number of hydrogen-bond acceptors (Lipinski definition) is 5. The molecule has 4 rings (SSSR count). The highest BCUT2D eigenvalue weighted by Crippen LogP contribution is 2.30. The van der Waals surface area contributed by atoms with Crippen molar-refractivity contribution in [1.82, 2.24) is 14.9 Å². The number of halogens is 1. The fourth-order valence-electron chi connectivity index (χ4n) is 3.30. The van der Waals surface area contributed by atoms with Crippen molar-refractivity contribution in [3.8, 4) is 17.0 Å². The number of aromatic nitrogens is 2. The minimum absolute atomic E-state index is 0.117. The second-order valence-electron chi connectivity index (χ2n) is 6.80. The van der Waals surface area contributed by atoms with E-state index in [0.29, 0.717) is 41.7 Å². The summed E-state index contributed by atoms with van der Waals surface area (Å²) in [5, 5.41) is 0. The van der Waals surface area contributed by atoms with Crippen LogP contribution in [0.1, 0.15) is 30.3 Å². The highest BCUT2D eigenvalue weighted by molar-refractivity contribution is 5.71. The average Bonchev–Trinajstić information content (AvgIpc) is 3.20. The molecule has 28 heavy (non-hydrogen) atoms. The maximum absolute atomic E-state index is 13.4. The molecule has 1 aromatic carbocycles. The summed E-state index contributed by atoms with van der Waals surface area (Å²) in [5.74, 6) is 0.904. The lowest BCUT2D eigenvalue weighted by Crippen LogP contribution is -2.39. The van der Waals surface area contributed by atoms with Gasteiger partial charge in [0.1, 0.15) is 17.8 Å². The van der Waals surface area contributed by atoms with Gasteiger partial charge in [-0.25, -0.2) is 14.2 Å². The number of rotatable bonds is 3. The Hall–Kier alpha value is -3.22. The van der Waals surface area contributed by atoms with Crippen molar-refractivity contribution in [2.24, 2.45) is 0 Å². The number of pyridine rings is 1. The monoisotopic (exact) mass is 381 g/mol. The molecule has 3 heterocycles. The third-order valence-electron chi connectivity index (χ3n) is 4.90. The van der Waals surface area contributed by atoms with Crippen molar-refractivity contribution in [3.05, 3.63) is 66.3 Å². The van der Waals surface area contributed by atoms with Gasteiger partial charge in [0, 0.05) is 30.8 Å². The van der Waals surface area contributed by atoms with Gasteiger partial charge >= 0.3 is 6.09 Å². The number of amides is 1. The van der Waals surface area contributed by atoms with E-state index in [1.807, 2.05) is 0 Å². The van der Waals surface area contributed by atoms with E-state index in [2.05, 4.69) is 9.97 Å². The number of hydrogen-bond donors (Lipinski definition) is 0. The molecule has 0 spiro atoms. The smallest absolute Gasteiger partial charge is 0.415 e. The van der Waals surface area contributed by atoms with Gasteiger partial charge in [0.25, 0.3) is 0 Å². The Morgan fingerprint density at radius 3 is 2.82 bits per heavy atom. The zero-order chi connectivity index (χ0) is 19.5. The number of aryl methyl sites for hydroxylation is 1. The second-order valence-corrected chi connectivity index (χ2v) is 6.80. The van der Waals surface area contributed by atoms with Gasteiger partial charge in [0.05, 0.1) is 5.69 Å². The van der Waals surface area contributed by atoms with Crippen LogP contribution in [0.3, 0.4) is 0 Å². The van der Waals surface area contributed by atoms with E-state index < -0.39 is 0 Å². The molecule has 1 aliphatic heterocycles. The van der Waals surface area contributed by atoms with Gasteiger partial charge in [-0.1, -0.05) is 12.1 Å². The van der Waals surface area contributed by atoms with E-state index >= 15 is 0 Å². The molecular formula is C21H20FN3O3. The van der Waals surface area contributed by atoms with E-state index in [1.54, 1.807) is 48.5 Å². The minimum atomic E-state index is -0.373. The minimum Gasteiger partial charge on any atom is -0.448 e. The highest BCUT2D eigenvalue weighted by atomic mass is 19.1. The quantitative estimate of drug-likeness (QED) is 0.665. The summed E-state index contributed by atoms with van der Waals surface area (Å²) in [6.07, 6.45) is 4.29. The van der Waals surface area contributed by atoms with Gasteiger partial charge < -0.3 is 14.1 Å². The van der Waals surface area contributed by atoms with Crippen LogP contribution in [0.15, 0.2) is 53.3 Å². The molecule has 0 atom stereocenters. The lowest BCUT2D eigenvalue weighted by Gasteiger charge is -2.29. The van der Waals surface area contributed by atoms with E-state index in [1.165, 1.54) is 12.1 Å². The van der Waals surface area contributed by atoms with Gasteiger partial charge in [0.15, 0.2) is 11.6 Å². The average molecular weight is 381 g/mol. The lowest BCUT2D eigenvalue weighted by molar-refractivity contribution is 0.135. The molecule has 3 aromatic rings. The maximum atomic E-state index is 13.4. The highest BCUT2D eigenvalue weighted by Gasteiger charge is 2.28. The Morgan fingerprint density at radius 1 is 1.25 bits per heavy atom. The molecule has 6 nitrogen and oxygen atoms in total. The van der Waals surface area contributed by atoms with Gasteiger partial charge in [-0.05, 0) is 44.0 Å². The molecule has 1 fully saturated rings. The predicted molar refractivity (Wildman–Crippen MR) is 100 cm³/mol. The molecule has 144 valence electrons. The third-order valence-corrected chi connectivity index (χ3v) is 4.90. The van der Waals surface area contributed by atoms with Crippen molar-refractivity contribution in [3.63, 3.8) is 0 Å². The van der Waals surface area contributed by atoms with E-state index in [4.69, 9.17) is 9.15 Å². The fourth-order valence-corrected chi connectivity index (χ4v) is 3.30. The first kappa shape index (κ1) is 18.2. The standard InChI is InChI=1S/C21H20FN3O3/c1-14-19(6-3-9-23-14)28-21(26)25-10-7-15(8-11-25)20-24-18(13-27-20)16-4-2-5-17(22)12-16/h2-6,9,12-13,15H,7-8,10-11H2,1H3. The molecule has 0 saturated carbocycles. The van der Waals surface area contributed by atoms with Crippen LogP contribution < -0.4 is 4.74 Å². The SMILES string of the molecule is Cc1ncccc1OC(=O)N1CCC(c2nc(-c3cccc(F)c3)co2)CC1. The topological polar surface area (TPSA) is 68.5 Å². The summed E-state index contributed by atoms with van der Waals surface area (Å²) >= 11 is 0. The third kappa shape index (κ3) is 3.88. The number of likely N-dealkylation sites (tertiary alicyclic amines) is 1. The Morgan fingerprint density at radius 2 is 2.07 bits per heavy atom. The summed E-state index contributed by atoms with van der Waals surface area (Å²) in [5.41, 5.74) is 1.97. The second kappa shape index (κ2) is 7.80. The van der Waals surface area contributed by atoms with Gasteiger partial charge in [-0.2, -0.15) is 0 Å². The molecule has 0 bridgehead atoms. The Bertz CT molecular complexity index is 980. The zero-order valence-electron chi connectivity index (χ0n) is 15.5. The Kier molecular flexibility index (Phi) is 5.06. The zero-order valence-corrected chi connectivity index (χ0v) is 15.5. The Labute approximate surface area is 162 Å². The summed E-state index contributed by atoms with van der Waals surface area (Å²) in [6, 6.07) is 9.73. The van der Waals surface area contributed by atoms with Crippen molar-refractivity contribution in [2.75, 3.05) is 13.1 Å². The summed E-state index contributed by atoms with van der Waals surface area (Å²) in [6.45, 7) is 2.91. The molecule has 1 aliphatic rings. The van der Waals surface area contributed by atoms with Crippen LogP contribution in [0.5, 0.6) is 5.75 Å². The van der Waals surface area contributed by atoms with Crippen molar-refractivity contribution in [2.45, 2.75) is 25.7 Å². The first-order chi connectivity index (χ1) is 13.6. The lowest BCUT2D eigenvalue weighted by atomic mass is 9.97. The molecule has 1 amide bonds. The first-order valence-electron chi connectivity index (χ1n) is 9.20. The van der Waals surface area contributed by atoms with Crippen LogP contribution in [-0.2, 0) is 0 Å².